The molecular weight excluding hydrogens is 316 g/mol. The molecule has 3 aromatic rings. The molecule has 0 saturated heterocycles. The average Bonchev–Trinajstić information content (AvgIpc) is 2.97. The summed E-state index contributed by atoms with van der Waals surface area (Å²) >= 11 is 0. The Kier molecular flexibility index (Phi) is 4.81. The van der Waals surface area contributed by atoms with E-state index < -0.39 is 11.9 Å². The van der Waals surface area contributed by atoms with E-state index in [1.54, 1.807) is 24.3 Å². The van der Waals surface area contributed by atoms with Crippen molar-refractivity contribution in [1.29, 1.82) is 0 Å². The maximum Gasteiger partial charge on any atom is 0.346 e. The van der Waals surface area contributed by atoms with E-state index in [1.807, 2.05) is 60.7 Å². The van der Waals surface area contributed by atoms with Crippen molar-refractivity contribution in [2.24, 2.45) is 0 Å². The molecule has 0 atom stereocenters. The van der Waals surface area contributed by atoms with E-state index >= 15 is 0 Å². The molecule has 0 saturated carbocycles. The third-order valence-corrected chi connectivity index (χ3v) is 3.62. The summed E-state index contributed by atoms with van der Waals surface area (Å²) in [7, 11) is 0. The summed E-state index contributed by atoms with van der Waals surface area (Å²) in [5.41, 5.74) is 2.19. The second-order valence-electron chi connectivity index (χ2n) is 5.28. The number of rotatable bonds is 2. The van der Waals surface area contributed by atoms with E-state index in [2.05, 4.69) is 4.74 Å². The molecule has 0 N–H and O–H groups in total. The molecule has 0 unspecified atom stereocenters. The van der Waals surface area contributed by atoms with Crippen molar-refractivity contribution in [1.82, 2.24) is 0 Å². The third-order valence-electron chi connectivity index (χ3n) is 3.62. The number of fused-ring (bicyclic) bond motifs is 1. The first-order valence-electron chi connectivity index (χ1n) is 7.67. The van der Waals surface area contributed by atoms with E-state index in [0.29, 0.717) is 11.1 Å². The fraction of sp³-hybridized carbons (Fsp3) is 0. The van der Waals surface area contributed by atoms with Gasteiger partial charge in [0.15, 0.2) is 5.78 Å². The van der Waals surface area contributed by atoms with Crippen LogP contribution in [0.4, 0.5) is 0 Å². The molecule has 0 spiro atoms. The third kappa shape index (κ3) is 3.70. The highest BCUT2D eigenvalue weighted by Crippen LogP contribution is 2.18. The molecule has 0 radical (unpaired) electrons. The second kappa shape index (κ2) is 7.36. The topological polar surface area (TPSA) is 60.4 Å². The lowest BCUT2D eigenvalue weighted by molar-refractivity contribution is 0.0443. The van der Waals surface area contributed by atoms with Crippen LogP contribution in [0.3, 0.4) is 0 Å². The number of ether oxygens (including phenoxy) is 1. The normalized spacial score (nSPS) is 11.8. The number of carbonyl (C=O) groups is 3. The first-order chi connectivity index (χ1) is 12.2. The van der Waals surface area contributed by atoms with Crippen LogP contribution in [0.5, 0.6) is 0 Å². The van der Waals surface area contributed by atoms with Gasteiger partial charge in [0.1, 0.15) is 0 Å². The summed E-state index contributed by atoms with van der Waals surface area (Å²) in [6, 6.07) is 25.1. The van der Waals surface area contributed by atoms with Crippen molar-refractivity contribution < 1.29 is 19.1 Å². The Morgan fingerprint density at radius 1 is 0.560 bits per heavy atom. The molecule has 0 fully saturated rings. The predicted molar refractivity (Wildman–Crippen MR) is 92.5 cm³/mol. The monoisotopic (exact) mass is 330 g/mol. The van der Waals surface area contributed by atoms with Crippen molar-refractivity contribution in [2.45, 2.75) is 0 Å². The maximum atomic E-state index is 11.8. The fourth-order valence-electron chi connectivity index (χ4n) is 2.38. The number of cyclic esters (lactones) is 2. The highest BCUT2D eigenvalue weighted by Gasteiger charge is 2.28. The summed E-state index contributed by atoms with van der Waals surface area (Å²) in [6.07, 6.45) is 0. The summed E-state index contributed by atoms with van der Waals surface area (Å²) in [6.45, 7) is 0. The Hall–Kier alpha value is -3.53. The molecule has 4 rings (SSSR count). The van der Waals surface area contributed by atoms with Crippen LogP contribution in [0.15, 0.2) is 84.9 Å². The first kappa shape index (κ1) is 16.3. The fourth-order valence-corrected chi connectivity index (χ4v) is 2.38. The van der Waals surface area contributed by atoms with Crippen LogP contribution in [0.2, 0.25) is 0 Å². The lowest BCUT2D eigenvalue weighted by Crippen LogP contribution is -1.99. The largest absolute Gasteiger partial charge is 0.386 e. The van der Waals surface area contributed by atoms with E-state index in [-0.39, 0.29) is 5.78 Å². The van der Waals surface area contributed by atoms with Gasteiger partial charge in [-0.15, -0.1) is 0 Å². The Morgan fingerprint density at radius 3 is 1.32 bits per heavy atom. The SMILES string of the molecule is O=C(c1ccccc1)c1ccccc1.O=C1OC(=O)c2ccccc21. The van der Waals surface area contributed by atoms with Crippen molar-refractivity contribution in [3.63, 3.8) is 0 Å². The molecule has 0 bridgehead atoms. The number of esters is 2. The molecular formula is C21H14O4. The minimum absolute atomic E-state index is 0.0752. The van der Waals surface area contributed by atoms with Gasteiger partial charge >= 0.3 is 11.9 Å². The van der Waals surface area contributed by atoms with Gasteiger partial charge in [0, 0.05) is 11.1 Å². The maximum absolute atomic E-state index is 11.8. The van der Waals surface area contributed by atoms with Crippen molar-refractivity contribution >= 4 is 17.7 Å². The molecule has 1 heterocycles. The number of benzene rings is 3. The van der Waals surface area contributed by atoms with Gasteiger partial charge in [0.05, 0.1) is 11.1 Å². The predicted octanol–water partition coefficient (Wildman–Crippen LogP) is 3.91. The van der Waals surface area contributed by atoms with Crippen LogP contribution in [0.25, 0.3) is 0 Å². The van der Waals surface area contributed by atoms with Gasteiger partial charge in [-0.05, 0) is 12.1 Å². The van der Waals surface area contributed by atoms with Gasteiger partial charge in [0.25, 0.3) is 0 Å². The molecule has 0 aliphatic carbocycles. The lowest BCUT2D eigenvalue weighted by atomic mass is 10.0. The van der Waals surface area contributed by atoms with Crippen molar-refractivity contribution in [3.05, 3.63) is 107 Å². The summed E-state index contributed by atoms with van der Waals surface area (Å²) < 4.78 is 4.35. The van der Waals surface area contributed by atoms with Crippen LogP contribution in [-0.2, 0) is 4.74 Å². The molecule has 122 valence electrons. The Morgan fingerprint density at radius 2 is 0.920 bits per heavy atom. The van der Waals surface area contributed by atoms with Crippen LogP contribution < -0.4 is 0 Å². The van der Waals surface area contributed by atoms with E-state index in [9.17, 15) is 14.4 Å². The molecule has 0 aromatic heterocycles. The van der Waals surface area contributed by atoms with E-state index in [0.717, 1.165) is 11.1 Å². The molecule has 0 amide bonds. The minimum Gasteiger partial charge on any atom is -0.386 e. The Labute approximate surface area is 144 Å². The number of carbonyl (C=O) groups excluding carboxylic acids is 3. The van der Waals surface area contributed by atoms with Crippen molar-refractivity contribution in [2.75, 3.05) is 0 Å². The first-order valence-corrected chi connectivity index (χ1v) is 7.67. The number of hydrogen-bond donors (Lipinski definition) is 0. The van der Waals surface area contributed by atoms with E-state index in [4.69, 9.17) is 0 Å². The summed E-state index contributed by atoms with van der Waals surface area (Å²) in [5, 5.41) is 0. The van der Waals surface area contributed by atoms with Gasteiger partial charge in [0.2, 0.25) is 0 Å². The van der Waals surface area contributed by atoms with Gasteiger partial charge in [-0.3, -0.25) is 4.79 Å². The smallest absolute Gasteiger partial charge is 0.346 e. The van der Waals surface area contributed by atoms with Crippen molar-refractivity contribution in [3.8, 4) is 0 Å². The summed E-state index contributed by atoms with van der Waals surface area (Å²) in [5.74, 6) is -1.03. The lowest BCUT2D eigenvalue weighted by Gasteiger charge is -1.99. The molecule has 1 aliphatic heterocycles. The van der Waals surface area contributed by atoms with Crippen LogP contribution >= 0.6 is 0 Å². The zero-order valence-electron chi connectivity index (χ0n) is 13.2. The molecule has 1 aliphatic rings. The highest BCUT2D eigenvalue weighted by molar-refractivity contribution is 6.14. The average molecular weight is 330 g/mol. The van der Waals surface area contributed by atoms with Gasteiger partial charge < -0.3 is 4.74 Å². The zero-order chi connectivity index (χ0) is 17.6. The van der Waals surface area contributed by atoms with E-state index in [1.165, 1.54) is 0 Å². The molecule has 4 heteroatoms. The number of hydrogen-bond acceptors (Lipinski definition) is 4. The quantitative estimate of drug-likeness (QED) is 0.406. The van der Waals surface area contributed by atoms with Crippen LogP contribution in [0, 0.1) is 0 Å². The van der Waals surface area contributed by atoms with Gasteiger partial charge in [-0.1, -0.05) is 72.8 Å². The summed E-state index contributed by atoms with van der Waals surface area (Å²) in [4.78, 5) is 33.5. The second-order valence-corrected chi connectivity index (χ2v) is 5.28. The van der Waals surface area contributed by atoms with Gasteiger partial charge in [-0.25, -0.2) is 9.59 Å². The van der Waals surface area contributed by atoms with Gasteiger partial charge in [-0.2, -0.15) is 0 Å². The Balaban J connectivity index is 0.000000150. The molecule has 3 aromatic carbocycles. The Bertz CT molecular complexity index is 840. The molecule has 4 nitrogen and oxygen atoms in total. The van der Waals surface area contributed by atoms with Crippen LogP contribution in [0.1, 0.15) is 36.6 Å². The highest BCUT2D eigenvalue weighted by atomic mass is 16.6. The van der Waals surface area contributed by atoms with Crippen LogP contribution in [-0.4, -0.2) is 17.7 Å². The standard InChI is InChI=1S/C13H10O.C8H4O3/c14-13(11-7-3-1-4-8-11)12-9-5-2-6-10-12;9-7-5-3-1-2-4-6(5)8(10)11-7/h1-10H;1-4H. The minimum atomic E-state index is -0.550. The number of ketones is 1. The molecule has 25 heavy (non-hydrogen) atoms. The zero-order valence-corrected chi connectivity index (χ0v) is 13.2.